The summed E-state index contributed by atoms with van der Waals surface area (Å²) in [4.78, 5) is 4.52. The molecule has 0 atom stereocenters. The second-order valence-electron chi connectivity index (χ2n) is 6.54. The maximum Gasteiger partial charge on any atom is 0.497 e. The van der Waals surface area contributed by atoms with Gasteiger partial charge in [0.2, 0.25) is 0 Å². The van der Waals surface area contributed by atoms with Crippen LogP contribution in [-0.4, -0.2) is 23.3 Å². The number of aromatic nitrogens is 1. The Bertz CT molecular complexity index is 669. The van der Waals surface area contributed by atoms with Crippen molar-refractivity contribution in [3.63, 3.8) is 0 Å². The topological polar surface area (TPSA) is 31.4 Å². The summed E-state index contributed by atoms with van der Waals surface area (Å²) in [5.74, 6) is 0. The summed E-state index contributed by atoms with van der Waals surface area (Å²) in [6.07, 6.45) is 1.78. The van der Waals surface area contributed by atoms with E-state index in [0.29, 0.717) is 5.02 Å². The summed E-state index contributed by atoms with van der Waals surface area (Å²) in [6, 6.07) is 11.5. The first-order valence-corrected chi connectivity index (χ1v) is 7.74. The van der Waals surface area contributed by atoms with Crippen molar-refractivity contribution in [2.75, 3.05) is 0 Å². The number of hydrogen-bond acceptors (Lipinski definition) is 3. The van der Waals surface area contributed by atoms with Crippen molar-refractivity contribution in [2.24, 2.45) is 0 Å². The van der Waals surface area contributed by atoms with Crippen LogP contribution in [0.5, 0.6) is 0 Å². The van der Waals surface area contributed by atoms with Gasteiger partial charge in [-0.1, -0.05) is 29.8 Å². The van der Waals surface area contributed by atoms with Crippen LogP contribution in [0, 0.1) is 0 Å². The fourth-order valence-corrected chi connectivity index (χ4v) is 2.55. The first-order chi connectivity index (χ1) is 10.3. The van der Waals surface area contributed by atoms with E-state index in [1.807, 2.05) is 64.1 Å². The second-order valence-corrected chi connectivity index (χ2v) is 6.97. The van der Waals surface area contributed by atoms with E-state index in [9.17, 15) is 0 Å². The average Bonchev–Trinajstić information content (AvgIpc) is 2.68. The van der Waals surface area contributed by atoms with E-state index < -0.39 is 7.12 Å². The first kappa shape index (κ1) is 15.5. The van der Waals surface area contributed by atoms with Gasteiger partial charge in [0.25, 0.3) is 0 Å². The Hall–Kier alpha value is -1.36. The highest BCUT2D eigenvalue weighted by Gasteiger charge is 2.52. The zero-order valence-electron chi connectivity index (χ0n) is 13.3. The molecule has 0 N–H and O–H groups in total. The monoisotopic (exact) mass is 315 g/mol. The quantitative estimate of drug-likeness (QED) is 0.792. The molecule has 1 fully saturated rings. The number of rotatable bonds is 2. The van der Waals surface area contributed by atoms with Crippen molar-refractivity contribution in [3.8, 4) is 11.3 Å². The normalized spacial score (nSPS) is 19.4. The SMILES string of the molecule is CC1(C)OB(c2cccnc2-c2ccc(Cl)cc2)OC1(C)C. The van der Waals surface area contributed by atoms with Crippen LogP contribution in [-0.2, 0) is 9.31 Å². The Morgan fingerprint density at radius 1 is 0.955 bits per heavy atom. The molecule has 114 valence electrons. The predicted octanol–water partition coefficient (Wildman–Crippen LogP) is 3.70. The lowest BCUT2D eigenvalue weighted by Crippen LogP contribution is -2.41. The summed E-state index contributed by atoms with van der Waals surface area (Å²) < 4.78 is 12.3. The lowest BCUT2D eigenvalue weighted by atomic mass is 9.76. The van der Waals surface area contributed by atoms with Gasteiger partial charge in [-0.05, 0) is 51.5 Å². The fraction of sp³-hybridized carbons (Fsp3) is 0.353. The number of nitrogens with zero attached hydrogens (tertiary/aromatic N) is 1. The number of hydrogen-bond donors (Lipinski definition) is 0. The molecule has 3 rings (SSSR count). The Morgan fingerprint density at radius 3 is 2.14 bits per heavy atom. The van der Waals surface area contributed by atoms with Crippen LogP contribution in [0.25, 0.3) is 11.3 Å². The first-order valence-electron chi connectivity index (χ1n) is 7.37. The second kappa shape index (κ2) is 5.37. The van der Waals surface area contributed by atoms with Crippen LogP contribution in [0.1, 0.15) is 27.7 Å². The predicted molar refractivity (Wildman–Crippen MR) is 90.4 cm³/mol. The molecule has 1 aromatic heterocycles. The van der Waals surface area contributed by atoms with Crippen LogP contribution in [0.15, 0.2) is 42.6 Å². The lowest BCUT2D eigenvalue weighted by molar-refractivity contribution is 0.00578. The van der Waals surface area contributed by atoms with Gasteiger partial charge < -0.3 is 9.31 Å². The fourth-order valence-electron chi connectivity index (χ4n) is 2.43. The van der Waals surface area contributed by atoms with E-state index >= 15 is 0 Å². The molecule has 0 radical (unpaired) electrons. The molecule has 0 aliphatic carbocycles. The highest BCUT2D eigenvalue weighted by molar-refractivity contribution is 6.63. The lowest BCUT2D eigenvalue weighted by Gasteiger charge is -2.32. The van der Waals surface area contributed by atoms with Crippen molar-refractivity contribution in [1.82, 2.24) is 4.98 Å². The molecule has 0 saturated carbocycles. The molecule has 3 nitrogen and oxygen atoms in total. The molecule has 2 aromatic rings. The minimum absolute atomic E-state index is 0.370. The van der Waals surface area contributed by atoms with Crippen molar-refractivity contribution in [3.05, 3.63) is 47.6 Å². The van der Waals surface area contributed by atoms with Gasteiger partial charge in [0.1, 0.15) is 0 Å². The molecule has 1 saturated heterocycles. The van der Waals surface area contributed by atoms with Gasteiger partial charge in [0.05, 0.1) is 16.9 Å². The van der Waals surface area contributed by atoms with E-state index in [2.05, 4.69) is 4.98 Å². The van der Waals surface area contributed by atoms with Gasteiger partial charge in [-0.3, -0.25) is 4.98 Å². The molecule has 5 heteroatoms. The standard InChI is InChI=1S/C17H19BClNO2/c1-16(2)17(3,4)22-18(21-16)14-6-5-11-20-15(14)12-7-9-13(19)10-8-12/h5-11H,1-4H3. The molecular formula is C17H19BClNO2. The van der Waals surface area contributed by atoms with Gasteiger partial charge in [-0.25, -0.2) is 0 Å². The molecule has 1 aliphatic heterocycles. The minimum atomic E-state index is -0.427. The molecular weight excluding hydrogens is 296 g/mol. The third-order valence-electron chi connectivity index (χ3n) is 4.46. The van der Waals surface area contributed by atoms with Crippen molar-refractivity contribution < 1.29 is 9.31 Å². The number of halogens is 1. The maximum absolute atomic E-state index is 6.15. The van der Waals surface area contributed by atoms with Gasteiger partial charge in [-0.15, -0.1) is 0 Å². The Morgan fingerprint density at radius 2 is 1.55 bits per heavy atom. The number of pyridine rings is 1. The van der Waals surface area contributed by atoms with Gasteiger partial charge in [0, 0.05) is 16.7 Å². The van der Waals surface area contributed by atoms with Crippen molar-refractivity contribution in [1.29, 1.82) is 0 Å². The van der Waals surface area contributed by atoms with Crippen LogP contribution in [0.3, 0.4) is 0 Å². The van der Waals surface area contributed by atoms with E-state index in [4.69, 9.17) is 20.9 Å². The Labute approximate surface area is 136 Å². The zero-order valence-corrected chi connectivity index (χ0v) is 14.0. The summed E-state index contributed by atoms with van der Waals surface area (Å²) in [5, 5.41) is 0.705. The van der Waals surface area contributed by atoms with Crippen LogP contribution < -0.4 is 5.46 Å². The third kappa shape index (κ3) is 2.67. The third-order valence-corrected chi connectivity index (χ3v) is 4.72. The highest BCUT2D eigenvalue weighted by Crippen LogP contribution is 2.37. The average molecular weight is 316 g/mol. The Kier molecular flexibility index (Phi) is 3.80. The van der Waals surface area contributed by atoms with Crippen LogP contribution in [0.4, 0.5) is 0 Å². The van der Waals surface area contributed by atoms with Gasteiger partial charge in [0.15, 0.2) is 0 Å². The summed E-state index contributed by atoms with van der Waals surface area (Å²) in [6.45, 7) is 8.19. The largest absolute Gasteiger partial charge is 0.497 e. The van der Waals surface area contributed by atoms with Gasteiger partial charge >= 0.3 is 7.12 Å². The summed E-state index contributed by atoms with van der Waals surface area (Å²) in [7, 11) is -0.427. The van der Waals surface area contributed by atoms with Gasteiger partial charge in [-0.2, -0.15) is 0 Å². The smallest absolute Gasteiger partial charge is 0.399 e. The van der Waals surface area contributed by atoms with E-state index in [0.717, 1.165) is 16.7 Å². The molecule has 1 aromatic carbocycles. The molecule has 22 heavy (non-hydrogen) atoms. The molecule has 0 bridgehead atoms. The molecule has 0 unspecified atom stereocenters. The number of benzene rings is 1. The molecule has 0 spiro atoms. The highest BCUT2D eigenvalue weighted by atomic mass is 35.5. The molecule has 0 amide bonds. The molecule has 1 aliphatic rings. The molecule has 2 heterocycles. The summed E-state index contributed by atoms with van der Waals surface area (Å²) >= 11 is 5.97. The van der Waals surface area contributed by atoms with Crippen molar-refractivity contribution in [2.45, 2.75) is 38.9 Å². The van der Waals surface area contributed by atoms with E-state index in [1.54, 1.807) is 6.20 Å². The summed E-state index contributed by atoms with van der Waals surface area (Å²) in [5.41, 5.74) is 2.05. The Balaban J connectivity index is 2.01. The minimum Gasteiger partial charge on any atom is -0.399 e. The van der Waals surface area contributed by atoms with E-state index in [-0.39, 0.29) is 11.2 Å². The van der Waals surface area contributed by atoms with E-state index in [1.165, 1.54) is 0 Å². The zero-order chi connectivity index (χ0) is 16.0. The van der Waals surface area contributed by atoms with Crippen LogP contribution in [0.2, 0.25) is 5.02 Å². The van der Waals surface area contributed by atoms with Crippen molar-refractivity contribution >= 4 is 24.2 Å². The van der Waals surface area contributed by atoms with Crippen LogP contribution >= 0.6 is 11.6 Å². The maximum atomic E-state index is 6.15.